The van der Waals surface area contributed by atoms with Gasteiger partial charge in [0.2, 0.25) is 0 Å². The number of epoxide rings is 1. The predicted octanol–water partition coefficient (Wildman–Crippen LogP) is 3.70. The van der Waals surface area contributed by atoms with Crippen molar-refractivity contribution in [3.8, 4) is 11.4 Å². The van der Waals surface area contributed by atoms with Crippen LogP contribution in [0, 0.1) is 12.7 Å². The molecule has 5 rings (SSSR count). The molecule has 1 aliphatic heterocycles. The lowest BCUT2D eigenvalue weighted by molar-refractivity contribution is 0.0950. The molecule has 0 bridgehead atoms. The molecule has 8 nitrogen and oxygen atoms in total. The number of benzene rings is 2. The van der Waals surface area contributed by atoms with E-state index >= 15 is 0 Å². The average Bonchev–Trinajstić information content (AvgIpc) is 3.77. The number of hydrogen-bond donors (Lipinski definition) is 2. The maximum absolute atomic E-state index is 14.8. The second-order valence-corrected chi connectivity index (χ2v) is 9.81. The van der Waals surface area contributed by atoms with Crippen LogP contribution in [0.5, 0.6) is 5.75 Å². The fraction of sp³-hybridized carbons (Fsp3) is 0.370. The second-order valence-electron chi connectivity index (χ2n) is 9.81. The molecule has 1 saturated heterocycles. The zero-order chi connectivity index (χ0) is 25.4. The summed E-state index contributed by atoms with van der Waals surface area (Å²) in [7, 11) is 0. The molecule has 36 heavy (non-hydrogen) atoms. The van der Waals surface area contributed by atoms with Crippen LogP contribution < -0.4 is 20.9 Å². The molecule has 1 saturated carbocycles. The molecule has 2 fully saturated rings. The SMILES string of the molecule is Cc1c(F)cc(C(=O)NC2CC2)cc1-n1ccnc(NC(C)(C)c2ccccc2OCC2CO2)c1=O. The van der Waals surface area contributed by atoms with E-state index in [4.69, 9.17) is 9.47 Å². The van der Waals surface area contributed by atoms with E-state index in [2.05, 4.69) is 15.6 Å². The minimum atomic E-state index is -0.724. The Morgan fingerprint density at radius 1 is 1.28 bits per heavy atom. The molecule has 1 unspecified atom stereocenters. The molecule has 1 aliphatic carbocycles. The highest BCUT2D eigenvalue weighted by Crippen LogP contribution is 2.32. The van der Waals surface area contributed by atoms with Crippen LogP contribution in [-0.4, -0.2) is 40.8 Å². The first-order valence-corrected chi connectivity index (χ1v) is 12.0. The summed E-state index contributed by atoms with van der Waals surface area (Å²) in [5, 5.41) is 6.09. The molecule has 1 amide bonds. The molecular weight excluding hydrogens is 463 g/mol. The van der Waals surface area contributed by atoms with Gasteiger partial charge in [0, 0.05) is 35.1 Å². The highest BCUT2D eigenvalue weighted by atomic mass is 19.1. The molecule has 2 N–H and O–H groups in total. The van der Waals surface area contributed by atoms with Gasteiger partial charge >= 0.3 is 0 Å². The number of ether oxygens (including phenoxy) is 2. The standard InChI is InChI=1S/C27H29FN4O4/c1-16-21(28)12-17(25(33)30-18-8-9-18)13-22(16)32-11-10-29-24(26(32)34)31-27(2,3)20-6-4-5-7-23(20)36-15-19-14-35-19/h4-7,10-13,18-19H,8-9,14-15H2,1-3H3,(H,29,31)(H,30,33). The Morgan fingerprint density at radius 2 is 2.03 bits per heavy atom. The zero-order valence-corrected chi connectivity index (χ0v) is 20.5. The number of aromatic nitrogens is 2. The van der Waals surface area contributed by atoms with Crippen LogP contribution in [0.4, 0.5) is 10.2 Å². The Bertz CT molecular complexity index is 1360. The number of amides is 1. The number of carbonyl (C=O) groups excluding carboxylic acids is 1. The third kappa shape index (κ3) is 5.11. The topological polar surface area (TPSA) is 97.8 Å². The molecule has 1 atom stereocenters. The van der Waals surface area contributed by atoms with Crippen molar-refractivity contribution in [1.82, 2.24) is 14.9 Å². The van der Waals surface area contributed by atoms with Crippen molar-refractivity contribution in [2.75, 3.05) is 18.5 Å². The van der Waals surface area contributed by atoms with Crippen LogP contribution in [0.25, 0.3) is 5.69 Å². The molecule has 2 aromatic carbocycles. The first-order chi connectivity index (χ1) is 17.2. The highest BCUT2D eigenvalue weighted by Gasteiger charge is 2.29. The molecule has 3 aromatic rings. The molecule has 188 valence electrons. The van der Waals surface area contributed by atoms with E-state index in [0.29, 0.717) is 19.0 Å². The van der Waals surface area contributed by atoms with Crippen molar-refractivity contribution in [2.24, 2.45) is 0 Å². The molecule has 1 aromatic heterocycles. The van der Waals surface area contributed by atoms with Crippen molar-refractivity contribution in [3.05, 3.63) is 81.7 Å². The van der Waals surface area contributed by atoms with Crippen LogP contribution in [0.3, 0.4) is 0 Å². The fourth-order valence-corrected chi connectivity index (χ4v) is 4.05. The summed E-state index contributed by atoms with van der Waals surface area (Å²) in [6.07, 6.45) is 4.90. The third-order valence-corrected chi connectivity index (χ3v) is 6.41. The number of hydrogen-bond acceptors (Lipinski definition) is 6. The molecule has 0 spiro atoms. The van der Waals surface area contributed by atoms with Crippen LogP contribution in [0.1, 0.15) is 48.2 Å². The van der Waals surface area contributed by atoms with E-state index in [1.165, 1.54) is 29.1 Å². The van der Waals surface area contributed by atoms with Crippen LogP contribution in [0.2, 0.25) is 0 Å². The Kier molecular flexibility index (Phi) is 6.26. The Balaban J connectivity index is 1.46. The first-order valence-electron chi connectivity index (χ1n) is 12.0. The Hall–Kier alpha value is -3.72. The number of carbonyl (C=O) groups is 1. The van der Waals surface area contributed by atoms with Gasteiger partial charge in [-0.15, -0.1) is 0 Å². The number of nitrogens with zero attached hydrogens (tertiary/aromatic N) is 2. The lowest BCUT2D eigenvalue weighted by Gasteiger charge is -2.29. The van der Waals surface area contributed by atoms with Gasteiger partial charge in [0.15, 0.2) is 5.82 Å². The van der Waals surface area contributed by atoms with E-state index in [1.54, 1.807) is 6.92 Å². The van der Waals surface area contributed by atoms with Crippen molar-refractivity contribution in [2.45, 2.75) is 51.3 Å². The monoisotopic (exact) mass is 492 g/mol. The zero-order valence-electron chi connectivity index (χ0n) is 20.5. The van der Waals surface area contributed by atoms with Gasteiger partial charge in [-0.3, -0.25) is 14.2 Å². The second kappa shape index (κ2) is 9.39. The first kappa shape index (κ1) is 24.0. The summed E-state index contributed by atoms with van der Waals surface area (Å²) in [5.74, 6) is -0.130. The van der Waals surface area contributed by atoms with Crippen LogP contribution in [0.15, 0.2) is 53.6 Å². The molecule has 0 radical (unpaired) electrons. The molecule has 2 aliphatic rings. The van der Waals surface area contributed by atoms with Gasteiger partial charge in [-0.25, -0.2) is 9.37 Å². The quantitative estimate of drug-likeness (QED) is 0.442. The van der Waals surface area contributed by atoms with Crippen molar-refractivity contribution >= 4 is 11.7 Å². The number of halogens is 1. The summed E-state index contributed by atoms with van der Waals surface area (Å²) in [4.78, 5) is 30.3. The average molecular weight is 493 g/mol. The van der Waals surface area contributed by atoms with Gasteiger partial charge in [-0.1, -0.05) is 18.2 Å². The normalized spacial score (nSPS) is 16.9. The molecule has 9 heteroatoms. The van der Waals surface area contributed by atoms with Crippen LogP contribution in [-0.2, 0) is 10.3 Å². The van der Waals surface area contributed by atoms with Crippen LogP contribution >= 0.6 is 0 Å². The van der Waals surface area contributed by atoms with E-state index < -0.39 is 16.9 Å². The maximum Gasteiger partial charge on any atom is 0.297 e. The minimum Gasteiger partial charge on any atom is -0.490 e. The Labute approximate surface area is 208 Å². The predicted molar refractivity (Wildman–Crippen MR) is 133 cm³/mol. The molecular formula is C27H29FN4O4. The van der Waals surface area contributed by atoms with E-state index in [9.17, 15) is 14.0 Å². The van der Waals surface area contributed by atoms with Gasteiger partial charge in [0.1, 0.15) is 24.3 Å². The van der Waals surface area contributed by atoms with Crippen molar-refractivity contribution in [1.29, 1.82) is 0 Å². The highest BCUT2D eigenvalue weighted by molar-refractivity contribution is 5.95. The van der Waals surface area contributed by atoms with Gasteiger partial charge < -0.3 is 20.1 Å². The number of rotatable bonds is 9. The van der Waals surface area contributed by atoms with Gasteiger partial charge in [-0.2, -0.15) is 0 Å². The largest absolute Gasteiger partial charge is 0.490 e. The Morgan fingerprint density at radius 3 is 2.75 bits per heavy atom. The summed E-state index contributed by atoms with van der Waals surface area (Å²) in [6, 6.07) is 10.5. The van der Waals surface area contributed by atoms with Crippen molar-refractivity contribution < 1.29 is 18.7 Å². The van der Waals surface area contributed by atoms with Gasteiger partial charge in [0.05, 0.1) is 17.8 Å². The maximum atomic E-state index is 14.8. The van der Waals surface area contributed by atoms with E-state index in [-0.39, 0.29) is 40.7 Å². The van der Waals surface area contributed by atoms with Gasteiger partial charge in [0.25, 0.3) is 11.5 Å². The minimum absolute atomic E-state index is 0.0930. The summed E-state index contributed by atoms with van der Waals surface area (Å²) >= 11 is 0. The summed E-state index contributed by atoms with van der Waals surface area (Å²) < 4.78 is 27.3. The number of nitrogens with one attached hydrogen (secondary N) is 2. The molecule has 2 heterocycles. The smallest absolute Gasteiger partial charge is 0.297 e. The fourth-order valence-electron chi connectivity index (χ4n) is 4.05. The number of anilines is 1. The van der Waals surface area contributed by atoms with E-state index in [0.717, 1.165) is 18.4 Å². The summed E-state index contributed by atoms with van der Waals surface area (Å²) in [5.41, 5.74) is 0.388. The number of para-hydroxylation sites is 1. The van der Waals surface area contributed by atoms with E-state index in [1.807, 2.05) is 38.1 Å². The lowest BCUT2D eigenvalue weighted by atomic mass is 9.93. The summed E-state index contributed by atoms with van der Waals surface area (Å²) in [6.45, 7) is 6.58. The van der Waals surface area contributed by atoms with Gasteiger partial charge in [-0.05, 0) is 51.8 Å². The lowest BCUT2D eigenvalue weighted by Crippen LogP contribution is -2.34. The van der Waals surface area contributed by atoms with Crippen molar-refractivity contribution in [3.63, 3.8) is 0 Å². The third-order valence-electron chi connectivity index (χ3n) is 6.41.